The molecule has 0 bridgehead atoms. The van der Waals surface area contributed by atoms with Crippen LogP contribution in [0.3, 0.4) is 0 Å². The zero-order valence-electron chi connectivity index (χ0n) is 14.2. The number of ether oxygens (including phenoxy) is 1. The van der Waals surface area contributed by atoms with E-state index in [-0.39, 0.29) is 5.54 Å². The first-order chi connectivity index (χ1) is 10.0. The van der Waals surface area contributed by atoms with Crippen LogP contribution in [0.2, 0.25) is 0 Å². The van der Waals surface area contributed by atoms with Crippen LogP contribution < -0.4 is 5.32 Å². The largest absolute Gasteiger partial charge is 0.383 e. The maximum atomic E-state index is 5.24. The highest BCUT2D eigenvalue weighted by Crippen LogP contribution is 2.45. The summed E-state index contributed by atoms with van der Waals surface area (Å²) in [5.41, 5.74) is 1.32. The Kier molecular flexibility index (Phi) is 5.81. The first kappa shape index (κ1) is 16.9. The van der Waals surface area contributed by atoms with E-state index in [1.165, 1.54) is 34.8 Å². The maximum Gasteiger partial charge on any atom is 0.114 e. The van der Waals surface area contributed by atoms with Crippen molar-refractivity contribution in [2.24, 2.45) is 11.8 Å². The Balaban J connectivity index is 2.30. The molecule has 2 rings (SSSR count). The summed E-state index contributed by atoms with van der Waals surface area (Å²) < 4.78 is 5.24. The van der Waals surface area contributed by atoms with Crippen LogP contribution in [-0.4, -0.2) is 25.2 Å². The molecule has 0 aromatic carbocycles. The molecule has 3 unspecified atom stereocenters. The van der Waals surface area contributed by atoms with Gasteiger partial charge < -0.3 is 10.1 Å². The molecule has 1 heterocycles. The molecule has 1 aromatic heterocycles. The van der Waals surface area contributed by atoms with Gasteiger partial charge >= 0.3 is 0 Å². The fourth-order valence-electron chi connectivity index (χ4n) is 3.62. The van der Waals surface area contributed by atoms with Crippen LogP contribution >= 0.6 is 11.3 Å². The first-order valence-electron chi connectivity index (χ1n) is 8.24. The Morgan fingerprint density at radius 3 is 2.76 bits per heavy atom. The van der Waals surface area contributed by atoms with Gasteiger partial charge in [0.25, 0.3) is 0 Å². The summed E-state index contributed by atoms with van der Waals surface area (Å²) in [6, 6.07) is 0. The van der Waals surface area contributed by atoms with Gasteiger partial charge in [0.2, 0.25) is 0 Å². The van der Waals surface area contributed by atoms with E-state index < -0.39 is 0 Å². The topological polar surface area (TPSA) is 34.2 Å². The quantitative estimate of drug-likeness (QED) is 0.809. The average molecular weight is 311 g/mol. The van der Waals surface area contributed by atoms with Gasteiger partial charge in [-0.3, -0.25) is 0 Å². The second-order valence-corrected chi connectivity index (χ2v) is 7.75. The Hall–Kier alpha value is -0.450. The van der Waals surface area contributed by atoms with E-state index in [1.807, 2.05) is 11.3 Å². The van der Waals surface area contributed by atoms with E-state index in [1.54, 1.807) is 7.11 Å². The predicted octanol–water partition coefficient (Wildman–Crippen LogP) is 3.90. The summed E-state index contributed by atoms with van der Waals surface area (Å²) in [6.07, 6.45) is 4.78. The first-order valence-corrected chi connectivity index (χ1v) is 9.05. The molecule has 0 radical (unpaired) electrons. The number of aryl methyl sites for hydroxylation is 2. The fraction of sp³-hybridized carbons (Fsp3) is 0.824. The van der Waals surface area contributed by atoms with Gasteiger partial charge in [-0.1, -0.05) is 20.8 Å². The van der Waals surface area contributed by atoms with Crippen LogP contribution in [0.1, 0.15) is 55.6 Å². The number of methoxy groups -OCH3 is 1. The normalized spacial score (nSPS) is 29.8. The van der Waals surface area contributed by atoms with Gasteiger partial charge in [0.1, 0.15) is 5.01 Å². The van der Waals surface area contributed by atoms with Crippen molar-refractivity contribution >= 4 is 11.3 Å². The Morgan fingerprint density at radius 2 is 2.19 bits per heavy atom. The number of nitrogens with zero attached hydrogens (tertiary/aromatic N) is 1. The van der Waals surface area contributed by atoms with Gasteiger partial charge in [0.05, 0.1) is 17.8 Å². The summed E-state index contributed by atoms with van der Waals surface area (Å²) in [7, 11) is 1.77. The van der Waals surface area contributed by atoms with E-state index in [0.29, 0.717) is 5.92 Å². The predicted molar refractivity (Wildman–Crippen MR) is 90.0 cm³/mol. The fourth-order valence-corrected chi connectivity index (χ4v) is 4.93. The lowest BCUT2D eigenvalue weighted by atomic mass is 9.70. The van der Waals surface area contributed by atoms with E-state index in [9.17, 15) is 0 Å². The van der Waals surface area contributed by atoms with Crippen LogP contribution in [0.5, 0.6) is 0 Å². The maximum absolute atomic E-state index is 5.24. The van der Waals surface area contributed by atoms with Crippen molar-refractivity contribution in [3.63, 3.8) is 0 Å². The molecule has 21 heavy (non-hydrogen) atoms. The number of rotatable bonds is 6. The van der Waals surface area contributed by atoms with Crippen molar-refractivity contribution in [2.75, 3.05) is 20.3 Å². The molecule has 120 valence electrons. The highest BCUT2D eigenvalue weighted by atomic mass is 32.1. The van der Waals surface area contributed by atoms with Gasteiger partial charge in [-0.05, 0) is 44.4 Å². The van der Waals surface area contributed by atoms with Gasteiger partial charge in [-0.25, -0.2) is 4.98 Å². The Morgan fingerprint density at radius 1 is 1.43 bits per heavy atom. The average Bonchev–Trinajstić information content (AvgIpc) is 2.83. The van der Waals surface area contributed by atoms with Crippen molar-refractivity contribution in [2.45, 2.75) is 58.9 Å². The molecule has 1 aliphatic rings. The van der Waals surface area contributed by atoms with Gasteiger partial charge in [-0.15, -0.1) is 11.3 Å². The highest BCUT2D eigenvalue weighted by Gasteiger charge is 2.43. The number of nitrogens with one attached hydrogen (secondary N) is 1. The third-order valence-corrected chi connectivity index (χ3v) is 6.18. The minimum Gasteiger partial charge on any atom is -0.383 e. The van der Waals surface area contributed by atoms with Crippen LogP contribution in [0, 0.1) is 18.8 Å². The van der Waals surface area contributed by atoms with Crippen molar-refractivity contribution in [1.82, 2.24) is 10.3 Å². The van der Waals surface area contributed by atoms with E-state index in [2.05, 4.69) is 33.0 Å². The lowest BCUT2D eigenvalue weighted by Gasteiger charge is -2.44. The van der Waals surface area contributed by atoms with Crippen molar-refractivity contribution < 1.29 is 4.74 Å². The lowest BCUT2D eigenvalue weighted by Crippen LogP contribution is -2.51. The van der Waals surface area contributed by atoms with Gasteiger partial charge in [0, 0.05) is 18.5 Å². The highest BCUT2D eigenvalue weighted by molar-refractivity contribution is 7.11. The minimum absolute atomic E-state index is 0.0495. The third kappa shape index (κ3) is 3.49. The summed E-state index contributed by atoms with van der Waals surface area (Å²) in [5, 5.41) is 5.11. The molecule has 0 saturated heterocycles. The molecule has 1 saturated carbocycles. The standard InChI is InChI=1S/C17H30N2OS/c1-6-15-14(4)21-16(19-15)17(18-9-10-20-5)8-7-12(2)11-13(17)3/h12-13,18H,6-11H2,1-5H3. The van der Waals surface area contributed by atoms with E-state index >= 15 is 0 Å². The second-order valence-electron chi connectivity index (χ2n) is 6.55. The molecule has 4 heteroatoms. The number of hydrogen-bond acceptors (Lipinski definition) is 4. The van der Waals surface area contributed by atoms with Gasteiger partial charge in [0.15, 0.2) is 0 Å². The monoisotopic (exact) mass is 310 g/mol. The minimum atomic E-state index is 0.0495. The SMILES string of the molecule is CCc1nc(C2(NCCOC)CCC(C)CC2C)sc1C. The summed E-state index contributed by atoms with van der Waals surface area (Å²) in [4.78, 5) is 6.37. The molecule has 1 N–H and O–H groups in total. The van der Waals surface area contributed by atoms with E-state index in [4.69, 9.17) is 9.72 Å². The zero-order valence-corrected chi connectivity index (χ0v) is 15.0. The molecule has 0 amide bonds. The van der Waals surface area contributed by atoms with Crippen molar-refractivity contribution in [1.29, 1.82) is 0 Å². The van der Waals surface area contributed by atoms with Crippen LogP contribution in [0.15, 0.2) is 0 Å². The number of thiazole rings is 1. The molecular formula is C17H30N2OS. The molecule has 1 aromatic rings. The smallest absolute Gasteiger partial charge is 0.114 e. The molecule has 1 aliphatic carbocycles. The van der Waals surface area contributed by atoms with Crippen LogP contribution in [0.4, 0.5) is 0 Å². The molecule has 1 fully saturated rings. The van der Waals surface area contributed by atoms with Gasteiger partial charge in [-0.2, -0.15) is 0 Å². The zero-order chi connectivity index (χ0) is 15.5. The Labute approximate surface area is 133 Å². The summed E-state index contributed by atoms with van der Waals surface area (Å²) in [5.74, 6) is 1.44. The molecule has 3 nitrogen and oxygen atoms in total. The van der Waals surface area contributed by atoms with Crippen molar-refractivity contribution in [3.05, 3.63) is 15.6 Å². The van der Waals surface area contributed by atoms with E-state index in [0.717, 1.165) is 25.5 Å². The summed E-state index contributed by atoms with van der Waals surface area (Å²) in [6.45, 7) is 10.8. The number of aromatic nitrogens is 1. The van der Waals surface area contributed by atoms with Crippen LogP contribution in [0.25, 0.3) is 0 Å². The number of hydrogen-bond donors (Lipinski definition) is 1. The molecule has 0 spiro atoms. The van der Waals surface area contributed by atoms with Crippen LogP contribution in [-0.2, 0) is 16.7 Å². The third-order valence-electron chi connectivity index (χ3n) is 4.98. The Bertz CT molecular complexity index is 460. The second kappa shape index (κ2) is 7.21. The lowest BCUT2D eigenvalue weighted by molar-refractivity contribution is 0.105. The summed E-state index contributed by atoms with van der Waals surface area (Å²) >= 11 is 1.89. The molecular weight excluding hydrogens is 280 g/mol. The molecule has 0 aliphatic heterocycles. The van der Waals surface area contributed by atoms with Crippen molar-refractivity contribution in [3.8, 4) is 0 Å². The molecule has 3 atom stereocenters.